The van der Waals surface area contributed by atoms with Crippen LogP contribution in [0.1, 0.15) is 25.1 Å². The molecule has 0 saturated heterocycles. The van der Waals surface area contributed by atoms with Gasteiger partial charge in [-0.1, -0.05) is 13.8 Å². The molecule has 3 N–H and O–H groups in total. The predicted molar refractivity (Wildman–Crippen MR) is 59.6 cm³/mol. The van der Waals surface area contributed by atoms with E-state index in [1.807, 2.05) is 0 Å². The zero-order valence-electron chi connectivity index (χ0n) is 9.40. The first kappa shape index (κ1) is 11.7. The van der Waals surface area contributed by atoms with E-state index in [9.17, 15) is 4.79 Å². The van der Waals surface area contributed by atoms with Crippen molar-refractivity contribution in [1.29, 1.82) is 0 Å². The summed E-state index contributed by atoms with van der Waals surface area (Å²) in [5, 5.41) is 6.88. The largest absolute Gasteiger partial charge is 0.383 e. The van der Waals surface area contributed by atoms with Gasteiger partial charge in [0.1, 0.15) is 5.82 Å². The Morgan fingerprint density at radius 1 is 1.67 bits per heavy atom. The molecule has 0 fully saturated rings. The second-order valence-corrected chi connectivity index (χ2v) is 3.98. The Hall–Kier alpha value is -1.36. The molecule has 1 aromatic rings. The van der Waals surface area contributed by atoms with Crippen molar-refractivity contribution < 1.29 is 4.79 Å². The summed E-state index contributed by atoms with van der Waals surface area (Å²) >= 11 is 0. The Morgan fingerprint density at radius 3 is 2.73 bits per heavy atom. The summed E-state index contributed by atoms with van der Waals surface area (Å²) in [5.74, 6) is 0.723. The van der Waals surface area contributed by atoms with Crippen LogP contribution in [0.15, 0.2) is 12.3 Å². The van der Waals surface area contributed by atoms with Gasteiger partial charge in [-0.3, -0.25) is 4.79 Å². The summed E-state index contributed by atoms with van der Waals surface area (Å²) in [6.07, 6.45) is 2.30. The van der Waals surface area contributed by atoms with Crippen molar-refractivity contribution in [2.45, 2.75) is 26.3 Å². The van der Waals surface area contributed by atoms with Gasteiger partial charge in [0.15, 0.2) is 0 Å². The number of hydrogen-bond acceptors (Lipinski definition) is 4. The monoisotopic (exact) mass is 210 g/mol. The zero-order chi connectivity index (χ0) is 11.4. The standard InChI is InChI=1S/C10H18N4O/c1-7(2)6-8(12-3)10(15)14-9(11)4-5-13-14/h4-5,7-8,12H,6,11H2,1-3H3. The smallest absolute Gasteiger partial charge is 0.265 e. The van der Waals surface area contributed by atoms with Crippen LogP contribution >= 0.6 is 0 Å². The molecule has 84 valence electrons. The van der Waals surface area contributed by atoms with Crippen LogP contribution in [0.2, 0.25) is 0 Å². The van der Waals surface area contributed by atoms with Crippen LogP contribution in [-0.2, 0) is 0 Å². The maximum Gasteiger partial charge on any atom is 0.265 e. The molecule has 5 nitrogen and oxygen atoms in total. The summed E-state index contributed by atoms with van der Waals surface area (Å²) in [6, 6.07) is 1.38. The first-order valence-corrected chi connectivity index (χ1v) is 5.07. The van der Waals surface area contributed by atoms with E-state index in [0.29, 0.717) is 11.7 Å². The van der Waals surface area contributed by atoms with Crippen LogP contribution in [0.5, 0.6) is 0 Å². The van der Waals surface area contributed by atoms with E-state index in [1.165, 1.54) is 10.9 Å². The van der Waals surface area contributed by atoms with E-state index in [-0.39, 0.29) is 11.9 Å². The summed E-state index contributed by atoms with van der Waals surface area (Å²) in [5.41, 5.74) is 5.62. The van der Waals surface area contributed by atoms with Crippen molar-refractivity contribution >= 4 is 11.7 Å². The third-order valence-corrected chi connectivity index (χ3v) is 2.23. The Bertz CT molecular complexity index is 332. The summed E-state index contributed by atoms with van der Waals surface area (Å²) in [7, 11) is 1.77. The van der Waals surface area contributed by atoms with Crippen molar-refractivity contribution in [2.24, 2.45) is 5.92 Å². The van der Waals surface area contributed by atoms with Crippen LogP contribution in [0, 0.1) is 5.92 Å². The van der Waals surface area contributed by atoms with Crippen molar-refractivity contribution in [1.82, 2.24) is 15.1 Å². The maximum absolute atomic E-state index is 12.0. The summed E-state index contributed by atoms with van der Waals surface area (Å²) in [4.78, 5) is 12.0. The van der Waals surface area contributed by atoms with Crippen molar-refractivity contribution in [3.8, 4) is 0 Å². The van der Waals surface area contributed by atoms with Gasteiger partial charge in [0.25, 0.3) is 5.91 Å². The number of nitrogen functional groups attached to an aromatic ring is 1. The number of nitrogens with two attached hydrogens (primary N) is 1. The van der Waals surface area contributed by atoms with Gasteiger partial charge in [-0.25, -0.2) is 0 Å². The zero-order valence-corrected chi connectivity index (χ0v) is 9.40. The van der Waals surface area contributed by atoms with Crippen LogP contribution in [0.4, 0.5) is 5.82 Å². The molecule has 0 bridgehead atoms. The van der Waals surface area contributed by atoms with E-state index in [1.54, 1.807) is 13.1 Å². The lowest BCUT2D eigenvalue weighted by molar-refractivity contribution is 0.0838. The average Bonchev–Trinajstić information content (AvgIpc) is 2.59. The number of likely N-dealkylation sites (N-methyl/N-ethyl adjacent to an activating group) is 1. The lowest BCUT2D eigenvalue weighted by atomic mass is 10.0. The second-order valence-electron chi connectivity index (χ2n) is 3.98. The van der Waals surface area contributed by atoms with E-state index in [2.05, 4.69) is 24.3 Å². The second kappa shape index (κ2) is 4.93. The van der Waals surface area contributed by atoms with Gasteiger partial charge in [-0.15, -0.1) is 0 Å². The van der Waals surface area contributed by atoms with E-state index < -0.39 is 0 Å². The molecule has 0 aliphatic rings. The Morgan fingerprint density at radius 2 is 2.33 bits per heavy atom. The Labute approximate surface area is 89.6 Å². The fraction of sp³-hybridized carbons (Fsp3) is 0.600. The third kappa shape index (κ3) is 2.79. The van der Waals surface area contributed by atoms with Gasteiger partial charge in [0.05, 0.1) is 12.2 Å². The molecule has 5 heteroatoms. The van der Waals surface area contributed by atoms with Crippen LogP contribution in [-0.4, -0.2) is 28.8 Å². The fourth-order valence-corrected chi connectivity index (χ4v) is 1.46. The molecule has 0 aliphatic heterocycles. The van der Waals surface area contributed by atoms with Crippen molar-refractivity contribution in [3.05, 3.63) is 12.3 Å². The van der Waals surface area contributed by atoms with Gasteiger partial charge < -0.3 is 11.1 Å². The summed E-state index contributed by atoms with van der Waals surface area (Å²) < 4.78 is 1.24. The minimum Gasteiger partial charge on any atom is -0.383 e. The van der Waals surface area contributed by atoms with Gasteiger partial charge >= 0.3 is 0 Å². The Balaban J connectivity index is 2.78. The van der Waals surface area contributed by atoms with Crippen LogP contribution < -0.4 is 11.1 Å². The molecule has 1 atom stereocenters. The predicted octanol–water partition coefficient (Wildman–Crippen LogP) is 0.740. The maximum atomic E-state index is 12.0. The highest BCUT2D eigenvalue weighted by molar-refractivity contribution is 5.85. The quantitative estimate of drug-likeness (QED) is 0.768. The number of hydrogen-bond donors (Lipinski definition) is 2. The third-order valence-electron chi connectivity index (χ3n) is 2.23. The SMILES string of the molecule is CNC(CC(C)C)C(=O)n1nccc1N. The molecule has 0 spiro atoms. The number of nitrogens with zero attached hydrogens (tertiary/aromatic N) is 2. The van der Waals surface area contributed by atoms with E-state index in [0.717, 1.165) is 6.42 Å². The first-order chi connectivity index (χ1) is 7.06. The first-order valence-electron chi connectivity index (χ1n) is 5.07. The molecule has 1 aromatic heterocycles. The number of rotatable bonds is 4. The number of aromatic nitrogens is 2. The normalized spacial score (nSPS) is 13.1. The highest BCUT2D eigenvalue weighted by atomic mass is 16.2. The van der Waals surface area contributed by atoms with Gasteiger partial charge in [-0.2, -0.15) is 9.78 Å². The Kier molecular flexibility index (Phi) is 3.85. The molecule has 0 amide bonds. The molecule has 0 radical (unpaired) electrons. The number of carbonyl (C=O) groups excluding carboxylic acids is 1. The average molecular weight is 210 g/mol. The molecule has 0 aromatic carbocycles. The van der Waals surface area contributed by atoms with Gasteiger partial charge in [-0.05, 0) is 19.4 Å². The van der Waals surface area contributed by atoms with Crippen LogP contribution in [0.3, 0.4) is 0 Å². The lowest BCUT2D eigenvalue weighted by Gasteiger charge is -2.17. The minimum absolute atomic E-state index is 0.103. The molecular weight excluding hydrogens is 192 g/mol. The van der Waals surface area contributed by atoms with Gasteiger partial charge in [0, 0.05) is 6.07 Å². The topological polar surface area (TPSA) is 72.9 Å². The van der Waals surface area contributed by atoms with Gasteiger partial charge in [0.2, 0.25) is 0 Å². The highest BCUT2D eigenvalue weighted by Gasteiger charge is 2.21. The molecule has 1 heterocycles. The minimum atomic E-state index is -0.229. The summed E-state index contributed by atoms with van der Waals surface area (Å²) in [6.45, 7) is 4.15. The molecule has 0 aliphatic carbocycles. The molecule has 15 heavy (non-hydrogen) atoms. The molecule has 1 rings (SSSR count). The number of anilines is 1. The lowest BCUT2D eigenvalue weighted by Crippen LogP contribution is -2.39. The molecular formula is C10H18N4O. The molecule has 1 unspecified atom stereocenters. The van der Waals surface area contributed by atoms with Crippen molar-refractivity contribution in [3.63, 3.8) is 0 Å². The number of nitrogens with one attached hydrogen (secondary N) is 1. The highest BCUT2D eigenvalue weighted by Crippen LogP contribution is 2.08. The fourth-order valence-electron chi connectivity index (χ4n) is 1.46. The molecule has 0 saturated carbocycles. The van der Waals surface area contributed by atoms with E-state index >= 15 is 0 Å². The number of carbonyl (C=O) groups is 1. The van der Waals surface area contributed by atoms with Crippen LogP contribution in [0.25, 0.3) is 0 Å². The van der Waals surface area contributed by atoms with Crippen molar-refractivity contribution in [2.75, 3.05) is 12.8 Å². The van der Waals surface area contributed by atoms with E-state index in [4.69, 9.17) is 5.73 Å².